The molecule has 4 nitrogen and oxygen atoms in total. The molecule has 0 amide bonds. The number of aromatic nitrogens is 4. The van der Waals surface area contributed by atoms with E-state index in [9.17, 15) is 0 Å². The van der Waals surface area contributed by atoms with Gasteiger partial charge in [-0.3, -0.25) is 0 Å². The maximum absolute atomic E-state index is 9.10. The first-order chi connectivity index (χ1) is 27.7. The molecule has 2 aromatic heterocycles. The Balaban J connectivity index is 1.31. The molecule has 0 N–H and O–H groups in total. The molecular weight excluding hydrogens is 621 g/mol. The minimum Gasteiger partial charge on any atom is -0.309 e. The van der Waals surface area contributed by atoms with E-state index in [1.54, 1.807) is 4.57 Å². The van der Waals surface area contributed by atoms with Gasteiger partial charge in [0, 0.05) is 33.2 Å². The molecule has 10 aromatic rings. The first kappa shape index (κ1) is 23.4. The number of fused-ring (bicyclic) bond motifs is 6. The van der Waals surface area contributed by atoms with Crippen molar-refractivity contribution in [1.29, 1.82) is 0 Å². The number of rotatable bonds is 5. The average molecular weight is 657 g/mol. The first-order valence-electron chi connectivity index (χ1n) is 19.7. The summed E-state index contributed by atoms with van der Waals surface area (Å²) < 4.78 is 54.8. The van der Waals surface area contributed by atoms with Crippen LogP contribution in [0, 0.1) is 0 Å². The summed E-state index contributed by atoms with van der Waals surface area (Å²) in [5, 5.41) is 4.66. The van der Waals surface area contributed by atoms with Crippen molar-refractivity contribution in [2.24, 2.45) is 0 Å². The van der Waals surface area contributed by atoms with E-state index >= 15 is 0 Å². The fourth-order valence-corrected chi connectivity index (χ4v) is 7.02. The highest BCUT2D eigenvalue weighted by molar-refractivity contribution is 6.13. The Kier molecular flexibility index (Phi) is 5.47. The van der Waals surface area contributed by atoms with Crippen LogP contribution in [-0.4, -0.2) is 19.5 Å². The second-order valence-corrected chi connectivity index (χ2v) is 12.4. The molecule has 4 heteroatoms. The van der Waals surface area contributed by atoms with Crippen molar-refractivity contribution in [3.05, 3.63) is 182 Å². The fraction of sp³-hybridized carbons (Fsp3) is 0. The maximum Gasteiger partial charge on any atom is 0.164 e. The fourth-order valence-electron chi connectivity index (χ4n) is 7.02. The quantitative estimate of drug-likeness (QED) is 0.173. The smallest absolute Gasteiger partial charge is 0.164 e. The zero-order valence-corrected chi connectivity index (χ0v) is 27.1. The lowest BCUT2D eigenvalue weighted by atomic mass is 9.96. The molecule has 0 atom stereocenters. The highest BCUT2D eigenvalue weighted by atomic mass is 15.0. The Morgan fingerprint density at radius 1 is 0.392 bits per heavy atom. The van der Waals surface area contributed by atoms with E-state index in [0.29, 0.717) is 28.7 Å². The number of hydrogen-bond acceptors (Lipinski definition) is 3. The van der Waals surface area contributed by atoms with Crippen LogP contribution in [0.3, 0.4) is 0 Å². The number of para-hydroxylation sites is 2. The molecule has 238 valence electrons. The standard InChI is InChI=1S/C47H30N4/c1-3-15-31(16-4-1)34-27-35(29-36(28-34)51-43-25-13-11-23-40(43)41-24-12-14-26-44(41)51)46-48-45(32-17-5-2-6-18-32)49-47(50-46)42-30-33-19-7-8-20-37(33)38-21-9-10-22-39(38)42/h1-30H/i11D,12D,23D,24D,25D,26D. The second kappa shape index (κ2) is 11.9. The summed E-state index contributed by atoms with van der Waals surface area (Å²) in [6.07, 6.45) is 0. The molecule has 8 aromatic carbocycles. The van der Waals surface area contributed by atoms with Gasteiger partial charge in [0.15, 0.2) is 17.5 Å². The van der Waals surface area contributed by atoms with Gasteiger partial charge in [-0.05, 0) is 69.0 Å². The van der Waals surface area contributed by atoms with Crippen LogP contribution in [0.5, 0.6) is 0 Å². The lowest BCUT2D eigenvalue weighted by Gasteiger charge is -2.15. The molecule has 0 spiro atoms. The SMILES string of the molecule is [2H]c1cc([2H])c2c(c1[2H])c1c([2H])c([2H])cc([2H])c1n2-c1cc(-c2ccccc2)cc(-c2nc(-c3ccccc3)nc(-c3cc4ccccc4c4ccccc34)n2)c1. The minimum absolute atomic E-state index is 0.0313. The Morgan fingerprint density at radius 2 is 0.941 bits per heavy atom. The van der Waals surface area contributed by atoms with Crippen molar-refractivity contribution >= 4 is 43.4 Å². The predicted molar refractivity (Wildman–Crippen MR) is 211 cm³/mol. The minimum atomic E-state index is -0.168. The Hall–Kier alpha value is -6.91. The van der Waals surface area contributed by atoms with Crippen LogP contribution in [0.1, 0.15) is 8.22 Å². The summed E-state index contributed by atoms with van der Waals surface area (Å²) in [7, 11) is 0. The molecular formula is C47H30N4. The van der Waals surface area contributed by atoms with Gasteiger partial charge in [-0.2, -0.15) is 0 Å². The third-order valence-corrected chi connectivity index (χ3v) is 9.34. The van der Waals surface area contributed by atoms with Crippen LogP contribution in [0.15, 0.2) is 182 Å². The van der Waals surface area contributed by atoms with Gasteiger partial charge in [0.25, 0.3) is 0 Å². The molecule has 2 heterocycles. The Labute approximate surface area is 303 Å². The molecule has 0 bridgehead atoms. The van der Waals surface area contributed by atoms with E-state index in [1.807, 2.05) is 103 Å². The van der Waals surface area contributed by atoms with Gasteiger partial charge in [0.05, 0.1) is 19.3 Å². The van der Waals surface area contributed by atoms with Crippen LogP contribution >= 0.6 is 0 Å². The predicted octanol–water partition coefficient (Wildman–Crippen LogP) is 11.9. The van der Waals surface area contributed by atoms with Crippen LogP contribution < -0.4 is 0 Å². The summed E-state index contributed by atoms with van der Waals surface area (Å²) in [5.74, 6) is 1.38. The normalized spacial score (nSPS) is 13.2. The van der Waals surface area contributed by atoms with Gasteiger partial charge in [-0.25, -0.2) is 15.0 Å². The van der Waals surface area contributed by atoms with Crippen molar-refractivity contribution < 1.29 is 8.22 Å². The van der Waals surface area contributed by atoms with Gasteiger partial charge >= 0.3 is 0 Å². The van der Waals surface area contributed by atoms with Crippen molar-refractivity contribution in [2.75, 3.05) is 0 Å². The van der Waals surface area contributed by atoms with E-state index in [1.165, 1.54) is 12.1 Å². The summed E-state index contributed by atoms with van der Waals surface area (Å²) in [6.45, 7) is 0. The third-order valence-electron chi connectivity index (χ3n) is 9.34. The highest BCUT2D eigenvalue weighted by Crippen LogP contribution is 2.38. The van der Waals surface area contributed by atoms with Crippen molar-refractivity contribution in [3.8, 4) is 51.0 Å². The van der Waals surface area contributed by atoms with Gasteiger partial charge in [0.1, 0.15) is 0 Å². The first-order valence-corrected chi connectivity index (χ1v) is 16.7. The molecule has 51 heavy (non-hydrogen) atoms. The largest absolute Gasteiger partial charge is 0.309 e. The molecule has 0 fully saturated rings. The Bertz CT molecular complexity index is 3190. The lowest BCUT2D eigenvalue weighted by Crippen LogP contribution is -2.02. The summed E-state index contributed by atoms with van der Waals surface area (Å²) in [6, 6.07) is 46.0. The molecule has 10 rings (SSSR count). The number of nitrogens with zero attached hydrogens (tertiary/aromatic N) is 4. The summed E-state index contributed by atoms with van der Waals surface area (Å²) >= 11 is 0. The monoisotopic (exact) mass is 656 g/mol. The summed E-state index contributed by atoms with van der Waals surface area (Å²) in [5.41, 5.74) is 5.11. The molecule has 0 aliphatic heterocycles. The Morgan fingerprint density at radius 3 is 1.65 bits per heavy atom. The lowest BCUT2D eigenvalue weighted by molar-refractivity contribution is 1.07. The average Bonchev–Trinajstić information content (AvgIpc) is 3.63. The van der Waals surface area contributed by atoms with Gasteiger partial charge in [-0.15, -0.1) is 0 Å². The maximum atomic E-state index is 9.10. The van der Waals surface area contributed by atoms with Crippen molar-refractivity contribution in [3.63, 3.8) is 0 Å². The molecule has 0 saturated heterocycles. The van der Waals surface area contributed by atoms with E-state index < -0.39 is 0 Å². The van der Waals surface area contributed by atoms with Crippen LogP contribution in [0.2, 0.25) is 0 Å². The van der Waals surface area contributed by atoms with E-state index in [4.69, 9.17) is 23.2 Å². The molecule has 0 aliphatic carbocycles. The molecule has 0 unspecified atom stereocenters. The second-order valence-electron chi connectivity index (χ2n) is 12.4. The third kappa shape index (κ3) is 4.96. The zero-order chi connectivity index (χ0) is 38.9. The molecule has 0 aliphatic rings. The van der Waals surface area contributed by atoms with Gasteiger partial charge in [-0.1, -0.05) is 145 Å². The van der Waals surface area contributed by atoms with E-state index in [2.05, 4.69) is 30.3 Å². The topological polar surface area (TPSA) is 43.6 Å². The van der Waals surface area contributed by atoms with Crippen LogP contribution in [-0.2, 0) is 0 Å². The van der Waals surface area contributed by atoms with Gasteiger partial charge in [0.2, 0.25) is 0 Å². The van der Waals surface area contributed by atoms with Crippen LogP contribution in [0.25, 0.3) is 94.3 Å². The zero-order valence-electron chi connectivity index (χ0n) is 33.1. The van der Waals surface area contributed by atoms with E-state index in [0.717, 1.165) is 43.8 Å². The van der Waals surface area contributed by atoms with Crippen LogP contribution in [0.4, 0.5) is 0 Å². The summed E-state index contributed by atoms with van der Waals surface area (Å²) in [4.78, 5) is 15.4. The van der Waals surface area contributed by atoms with Crippen molar-refractivity contribution in [2.45, 2.75) is 0 Å². The highest BCUT2D eigenvalue weighted by Gasteiger charge is 2.19. The number of benzene rings is 8. The van der Waals surface area contributed by atoms with E-state index in [-0.39, 0.29) is 58.1 Å². The van der Waals surface area contributed by atoms with Gasteiger partial charge < -0.3 is 4.57 Å². The molecule has 0 radical (unpaired) electrons. The number of hydrogen-bond donors (Lipinski definition) is 0. The van der Waals surface area contributed by atoms with Crippen molar-refractivity contribution in [1.82, 2.24) is 19.5 Å². The molecule has 0 saturated carbocycles.